The second-order valence-electron chi connectivity index (χ2n) is 6.41. The molecule has 1 fully saturated rings. The number of carbonyl (C=O) groups excluding carboxylic acids is 3. The number of hydrogen-bond donors (Lipinski definition) is 1. The third kappa shape index (κ3) is 2.96. The first kappa shape index (κ1) is 16.7. The van der Waals surface area contributed by atoms with Crippen LogP contribution in [0.3, 0.4) is 0 Å². The van der Waals surface area contributed by atoms with E-state index in [0.29, 0.717) is 23.6 Å². The predicted octanol–water partition coefficient (Wildman–Crippen LogP) is 2.85. The number of anilines is 1. The number of nitrogens with one attached hydrogen (secondary N) is 1. The average Bonchev–Trinajstić information content (AvgIpc) is 2.76. The molecule has 1 aromatic rings. The highest BCUT2D eigenvalue weighted by Crippen LogP contribution is 2.35. The second-order valence-corrected chi connectivity index (χ2v) is 6.81. The lowest BCUT2D eigenvalue weighted by atomic mass is 9.85. The number of imide groups is 1. The van der Waals surface area contributed by atoms with Crippen LogP contribution in [-0.4, -0.2) is 29.2 Å². The molecule has 3 rings (SSSR count). The lowest BCUT2D eigenvalue weighted by molar-refractivity contribution is -0.142. The molecule has 0 radical (unpaired) electrons. The van der Waals surface area contributed by atoms with E-state index in [4.69, 9.17) is 11.6 Å². The zero-order chi connectivity index (χ0) is 17.4. The molecule has 1 saturated heterocycles. The first-order valence-electron chi connectivity index (χ1n) is 7.95. The minimum absolute atomic E-state index is 0.253. The van der Waals surface area contributed by atoms with E-state index in [1.54, 1.807) is 6.07 Å². The SMILES string of the molecule is Cc1cc(C)c(NC(=O)CN2C(=O)[C@@H]3CC=CC[C@H]3C2=O)c(Cl)c1. The number of carbonyl (C=O) groups is 3. The fourth-order valence-electron chi connectivity index (χ4n) is 3.42. The number of halogens is 1. The van der Waals surface area contributed by atoms with Crippen molar-refractivity contribution < 1.29 is 14.4 Å². The number of rotatable bonds is 3. The number of aryl methyl sites for hydroxylation is 2. The van der Waals surface area contributed by atoms with Crippen molar-refractivity contribution >= 4 is 35.0 Å². The van der Waals surface area contributed by atoms with Crippen molar-refractivity contribution in [2.45, 2.75) is 26.7 Å². The normalized spacial score (nSPS) is 22.7. The van der Waals surface area contributed by atoms with E-state index in [1.165, 1.54) is 0 Å². The van der Waals surface area contributed by atoms with Gasteiger partial charge in [-0.15, -0.1) is 0 Å². The van der Waals surface area contributed by atoms with E-state index in [9.17, 15) is 14.4 Å². The number of hydrogen-bond acceptors (Lipinski definition) is 3. The molecular weight excluding hydrogens is 328 g/mol. The summed E-state index contributed by atoms with van der Waals surface area (Å²) in [6.45, 7) is 3.50. The summed E-state index contributed by atoms with van der Waals surface area (Å²) in [5.74, 6) is -1.57. The smallest absolute Gasteiger partial charge is 0.244 e. The number of nitrogens with zero attached hydrogens (tertiary/aromatic N) is 1. The fourth-order valence-corrected chi connectivity index (χ4v) is 3.79. The summed E-state index contributed by atoms with van der Waals surface area (Å²) < 4.78 is 0. The number of likely N-dealkylation sites (tertiary alicyclic amines) is 1. The highest BCUT2D eigenvalue weighted by atomic mass is 35.5. The van der Waals surface area contributed by atoms with Gasteiger partial charge in [0, 0.05) is 0 Å². The Hall–Kier alpha value is -2.14. The molecule has 0 aromatic heterocycles. The van der Waals surface area contributed by atoms with Crippen LogP contribution in [0.2, 0.25) is 5.02 Å². The minimum atomic E-state index is -0.419. The van der Waals surface area contributed by atoms with Crippen molar-refractivity contribution in [3.63, 3.8) is 0 Å². The van der Waals surface area contributed by atoms with Gasteiger partial charge in [-0.25, -0.2) is 0 Å². The van der Waals surface area contributed by atoms with Gasteiger partial charge in [-0.1, -0.05) is 29.8 Å². The molecule has 126 valence electrons. The van der Waals surface area contributed by atoms with Crippen LogP contribution in [0.15, 0.2) is 24.3 Å². The molecule has 0 spiro atoms. The Balaban J connectivity index is 1.72. The van der Waals surface area contributed by atoms with E-state index in [2.05, 4.69) is 5.32 Å². The molecule has 6 heteroatoms. The maximum Gasteiger partial charge on any atom is 0.244 e. The van der Waals surface area contributed by atoms with Gasteiger partial charge in [0.15, 0.2) is 0 Å². The molecule has 5 nitrogen and oxygen atoms in total. The van der Waals surface area contributed by atoms with E-state index < -0.39 is 5.91 Å². The van der Waals surface area contributed by atoms with Gasteiger partial charge in [0.1, 0.15) is 6.54 Å². The number of amides is 3. The monoisotopic (exact) mass is 346 g/mol. The largest absolute Gasteiger partial charge is 0.323 e. The summed E-state index contributed by atoms with van der Waals surface area (Å²) in [4.78, 5) is 38.2. The van der Waals surface area contributed by atoms with Crippen LogP contribution in [0.5, 0.6) is 0 Å². The lowest BCUT2D eigenvalue weighted by Crippen LogP contribution is -2.38. The maximum atomic E-state index is 12.4. The van der Waals surface area contributed by atoms with Gasteiger partial charge in [-0.05, 0) is 43.9 Å². The molecule has 1 N–H and O–H groups in total. The van der Waals surface area contributed by atoms with Gasteiger partial charge >= 0.3 is 0 Å². The Morgan fingerprint density at radius 3 is 2.29 bits per heavy atom. The number of allylic oxidation sites excluding steroid dienone is 2. The Morgan fingerprint density at radius 1 is 1.17 bits per heavy atom. The van der Waals surface area contributed by atoms with E-state index in [-0.39, 0.29) is 30.2 Å². The quantitative estimate of drug-likeness (QED) is 0.676. The van der Waals surface area contributed by atoms with Crippen LogP contribution in [0.4, 0.5) is 5.69 Å². The molecule has 24 heavy (non-hydrogen) atoms. The Bertz CT molecular complexity index is 708. The first-order valence-corrected chi connectivity index (χ1v) is 8.33. The van der Waals surface area contributed by atoms with Gasteiger partial charge < -0.3 is 5.32 Å². The zero-order valence-electron chi connectivity index (χ0n) is 13.6. The van der Waals surface area contributed by atoms with Crippen molar-refractivity contribution in [2.24, 2.45) is 11.8 Å². The van der Waals surface area contributed by atoms with Crippen LogP contribution in [0.25, 0.3) is 0 Å². The highest BCUT2D eigenvalue weighted by Gasteiger charge is 2.47. The van der Waals surface area contributed by atoms with Crippen LogP contribution >= 0.6 is 11.6 Å². The molecule has 1 aliphatic heterocycles. The summed E-state index contributed by atoms with van der Waals surface area (Å²) in [6, 6.07) is 3.67. The summed E-state index contributed by atoms with van der Waals surface area (Å²) in [6.07, 6.45) is 4.98. The molecule has 0 unspecified atom stereocenters. The molecule has 2 aliphatic rings. The third-order valence-corrected chi connectivity index (χ3v) is 4.89. The van der Waals surface area contributed by atoms with Gasteiger partial charge in [-0.2, -0.15) is 0 Å². The molecule has 1 heterocycles. The van der Waals surface area contributed by atoms with E-state index in [1.807, 2.05) is 32.1 Å². The lowest BCUT2D eigenvalue weighted by Gasteiger charge is -2.16. The van der Waals surface area contributed by atoms with Gasteiger partial charge in [0.2, 0.25) is 17.7 Å². The van der Waals surface area contributed by atoms with Crippen molar-refractivity contribution in [2.75, 3.05) is 11.9 Å². The Labute approximate surface area is 145 Å². The maximum absolute atomic E-state index is 12.4. The van der Waals surface area contributed by atoms with E-state index in [0.717, 1.165) is 16.0 Å². The molecule has 0 saturated carbocycles. The summed E-state index contributed by atoms with van der Waals surface area (Å²) in [5.41, 5.74) is 2.35. The number of fused-ring (bicyclic) bond motifs is 1. The molecule has 2 atom stereocenters. The van der Waals surface area contributed by atoms with E-state index >= 15 is 0 Å². The summed E-state index contributed by atoms with van der Waals surface area (Å²) >= 11 is 6.18. The van der Waals surface area contributed by atoms with Crippen molar-refractivity contribution in [1.29, 1.82) is 0 Å². The topological polar surface area (TPSA) is 66.5 Å². The van der Waals surface area contributed by atoms with Crippen LogP contribution in [-0.2, 0) is 14.4 Å². The van der Waals surface area contributed by atoms with Crippen LogP contribution in [0, 0.1) is 25.7 Å². The standard InChI is InChI=1S/C18H19ClN2O3/c1-10-7-11(2)16(14(19)8-10)20-15(22)9-21-17(23)12-5-3-4-6-13(12)18(21)24/h3-4,7-8,12-13H,5-6,9H2,1-2H3,(H,20,22)/t12-,13-/m1/s1. The van der Waals surface area contributed by atoms with Gasteiger partial charge in [0.05, 0.1) is 22.5 Å². The Kier molecular flexibility index (Phi) is 4.45. The first-order chi connectivity index (χ1) is 11.4. The van der Waals surface area contributed by atoms with Gasteiger partial charge in [-0.3, -0.25) is 19.3 Å². The van der Waals surface area contributed by atoms with Crippen molar-refractivity contribution in [3.05, 3.63) is 40.4 Å². The Morgan fingerprint density at radius 2 is 1.75 bits per heavy atom. The summed E-state index contributed by atoms with van der Waals surface area (Å²) in [5, 5.41) is 3.16. The molecule has 1 aliphatic carbocycles. The molecule has 1 aromatic carbocycles. The van der Waals surface area contributed by atoms with Crippen molar-refractivity contribution in [3.8, 4) is 0 Å². The van der Waals surface area contributed by atoms with Crippen molar-refractivity contribution in [1.82, 2.24) is 4.90 Å². The average molecular weight is 347 g/mol. The number of benzene rings is 1. The predicted molar refractivity (Wildman–Crippen MR) is 91.6 cm³/mol. The summed E-state index contributed by atoms with van der Waals surface area (Å²) in [7, 11) is 0. The van der Waals surface area contributed by atoms with Crippen LogP contribution in [0.1, 0.15) is 24.0 Å². The second kappa shape index (κ2) is 6.40. The molecule has 3 amide bonds. The molecule has 0 bridgehead atoms. The fraction of sp³-hybridized carbons (Fsp3) is 0.389. The zero-order valence-corrected chi connectivity index (χ0v) is 14.4. The highest BCUT2D eigenvalue weighted by molar-refractivity contribution is 6.34. The minimum Gasteiger partial charge on any atom is -0.323 e. The third-order valence-electron chi connectivity index (χ3n) is 4.60. The van der Waals surface area contributed by atoms with Crippen LogP contribution < -0.4 is 5.32 Å². The van der Waals surface area contributed by atoms with Gasteiger partial charge in [0.25, 0.3) is 0 Å². The molecular formula is C18H19ClN2O3.